The molecule has 2 nitrogen and oxygen atoms in total. The molecule has 0 saturated heterocycles. The molecule has 350 valence electrons. The second-order valence-electron chi connectivity index (χ2n) is 20.2. The van der Waals surface area contributed by atoms with Crippen LogP contribution in [0.15, 0.2) is 283 Å². The maximum atomic E-state index is 6.77. The maximum Gasteiger partial charge on any atom is 0.132 e. The minimum atomic E-state index is -0.619. The SMILES string of the molecule is c1ccc(-c2ccc(-c3ccc(N(c4ccc5c(c4)C4(c6ccccc6Oc6ccccc64)c4ccccc4-5)c4cccc5cc6c(cc45)C4(c5ccccc5Sc5ccccc54)c4ccccc4-6)cc3)cc2)cc1. The van der Waals surface area contributed by atoms with Gasteiger partial charge in [0.05, 0.1) is 16.5 Å². The number of rotatable bonds is 5. The number of fused-ring (bicyclic) bond motifs is 19. The summed E-state index contributed by atoms with van der Waals surface area (Å²) in [6.07, 6.45) is 0. The van der Waals surface area contributed by atoms with Gasteiger partial charge in [0.15, 0.2) is 0 Å². The Hall–Kier alpha value is -9.15. The summed E-state index contributed by atoms with van der Waals surface area (Å²) in [4.78, 5) is 5.11. The van der Waals surface area contributed by atoms with Gasteiger partial charge in [-0.1, -0.05) is 218 Å². The lowest BCUT2D eigenvalue weighted by Gasteiger charge is -2.40. The summed E-state index contributed by atoms with van der Waals surface area (Å²) in [6, 6.07) is 101. The van der Waals surface area contributed by atoms with E-state index in [0.29, 0.717) is 0 Å². The molecule has 75 heavy (non-hydrogen) atoms. The highest BCUT2D eigenvalue weighted by Crippen LogP contribution is 2.65. The van der Waals surface area contributed by atoms with Crippen LogP contribution in [0.2, 0.25) is 0 Å². The van der Waals surface area contributed by atoms with Crippen LogP contribution in [0.5, 0.6) is 11.5 Å². The number of benzene rings is 12. The standard InChI is InChI=1S/C72H45NOS/c1-2-17-46(18-3-1)47-33-35-48(36-34-47)49-37-39-51(40-38-49)73(52-41-42-55-53-20-4-6-22-58(53)71(64(55)44-52)60-24-8-12-29-67(60)74-68-30-13-9-25-61(68)71)66-28-16-19-50-43-57-54-21-5-7-23-59(54)72(65(57)45-56(50)66)62-26-10-14-31-69(62)75-70-32-15-11-27-63(70)72/h1-45H. The van der Waals surface area contributed by atoms with E-state index in [9.17, 15) is 0 Å². The molecule has 0 saturated carbocycles. The van der Waals surface area contributed by atoms with E-state index in [0.717, 1.165) is 39.7 Å². The van der Waals surface area contributed by atoms with Crippen LogP contribution in [-0.4, -0.2) is 0 Å². The van der Waals surface area contributed by atoms with E-state index in [2.05, 4.69) is 278 Å². The molecule has 3 heteroatoms. The molecule has 0 fully saturated rings. The van der Waals surface area contributed by atoms with Gasteiger partial charge in [-0.3, -0.25) is 0 Å². The summed E-state index contributed by atoms with van der Waals surface area (Å²) in [5.74, 6) is 1.77. The van der Waals surface area contributed by atoms with Crippen molar-refractivity contribution in [1.82, 2.24) is 0 Å². The zero-order valence-corrected chi connectivity index (χ0v) is 41.6. The quantitative estimate of drug-likeness (QED) is 0.171. The fourth-order valence-corrected chi connectivity index (χ4v) is 14.7. The molecule has 0 radical (unpaired) electrons. The first-order chi connectivity index (χ1) is 37.2. The predicted molar refractivity (Wildman–Crippen MR) is 308 cm³/mol. The van der Waals surface area contributed by atoms with E-state index < -0.39 is 10.8 Å². The van der Waals surface area contributed by atoms with Crippen molar-refractivity contribution in [1.29, 1.82) is 0 Å². The first-order valence-electron chi connectivity index (χ1n) is 25.9. The number of para-hydroxylation sites is 2. The second-order valence-corrected chi connectivity index (χ2v) is 21.3. The molecular weight excluding hydrogens is 927 g/mol. The normalized spacial score (nSPS) is 14.1. The van der Waals surface area contributed by atoms with Crippen molar-refractivity contribution in [3.63, 3.8) is 0 Å². The minimum Gasteiger partial charge on any atom is -0.457 e. The summed E-state index contributed by atoms with van der Waals surface area (Å²) in [5, 5.41) is 2.39. The van der Waals surface area contributed by atoms with Crippen LogP contribution in [0.25, 0.3) is 55.3 Å². The van der Waals surface area contributed by atoms with Gasteiger partial charge in [0.25, 0.3) is 0 Å². The van der Waals surface area contributed by atoms with Crippen molar-refractivity contribution in [2.24, 2.45) is 0 Å². The average molecular weight is 972 g/mol. The van der Waals surface area contributed by atoms with E-state index in [-0.39, 0.29) is 0 Å². The second kappa shape index (κ2) is 16.2. The molecule has 2 heterocycles. The lowest BCUT2D eigenvalue weighted by atomic mass is 9.66. The van der Waals surface area contributed by atoms with Crippen molar-refractivity contribution in [2.75, 3.05) is 4.90 Å². The Kier molecular flexibility index (Phi) is 9.14. The van der Waals surface area contributed by atoms with Gasteiger partial charge < -0.3 is 9.64 Å². The topological polar surface area (TPSA) is 12.5 Å². The van der Waals surface area contributed by atoms with Crippen molar-refractivity contribution in [2.45, 2.75) is 20.6 Å². The fraction of sp³-hybridized carbons (Fsp3) is 0.0278. The van der Waals surface area contributed by atoms with Gasteiger partial charge in [-0.2, -0.15) is 0 Å². The predicted octanol–water partition coefficient (Wildman–Crippen LogP) is 18.9. The van der Waals surface area contributed by atoms with E-state index in [1.54, 1.807) is 0 Å². The third-order valence-corrected chi connectivity index (χ3v) is 17.8. The smallest absolute Gasteiger partial charge is 0.132 e. The van der Waals surface area contributed by atoms with Gasteiger partial charge >= 0.3 is 0 Å². The highest BCUT2D eigenvalue weighted by molar-refractivity contribution is 7.99. The third-order valence-electron chi connectivity index (χ3n) is 16.6. The summed E-state index contributed by atoms with van der Waals surface area (Å²) < 4.78 is 6.77. The van der Waals surface area contributed by atoms with Gasteiger partial charge in [-0.25, -0.2) is 0 Å². The molecular formula is C72H45NOS. The lowest BCUT2D eigenvalue weighted by molar-refractivity contribution is 0.436. The van der Waals surface area contributed by atoms with E-state index >= 15 is 0 Å². The van der Waals surface area contributed by atoms with E-state index in [1.165, 1.54) is 98.5 Å². The number of nitrogens with zero attached hydrogens (tertiary/aromatic N) is 1. The fourth-order valence-electron chi connectivity index (χ4n) is 13.5. The maximum absolute atomic E-state index is 6.77. The molecule has 16 rings (SSSR count). The summed E-state index contributed by atoms with van der Waals surface area (Å²) in [5.41, 5.74) is 22.1. The molecule has 0 N–H and O–H groups in total. The van der Waals surface area contributed by atoms with Crippen molar-refractivity contribution in [3.05, 3.63) is 317 Å². The first kappa shape index (κ1) is 42.4. The Morgan fingerprint density at radius 3 is 1.37 bits per heavy atom. The van der Waals surface area contributed by atoms with Crippen LogP contribution in [0.4, 0.5) is 17.1 Å². The average Bonchev–Trinajstić information content (AvgIpc) is 3.95. The van der Waals surface area contributed by atoms with E-state index in [1.807, 2.05) is 11.8 Å². The zero-order valence-electron chi connectivity index (χ0n) is 40.7. The molecule has 2 aliphatic carbocycles. The molecule has 0 bridgehead atoms. The molecule has 2 aliphatic heterocycles. The van der Waals surface area contributed by atoms with Gasteiger partial charge in [0.2, 0.25) is 0 Å². The zero-order chi connectivity index (χ0) is 49.2. The molecule has 12 aromatic carbocycles. The van der Waals surface area contributed by atoms with Gasteiger partial charge in [0.1, 0.15) is 11.5 Å². The molecule has 2 spiro atoms. The Bertz CT molecular complexity index is 4220. The van der Waals surface area contributed by atoms with Crippen molar-refractivity contribution < 1.29 is 4.74 Å². The monoisotopic (exact) mass is 971 g/mol. The molecule has 12 aromatic rings. The number of ether oxygens (including phenoxy) is 1. The van der Waals surface area contributed by atoms with E-state index in [4.69, 9.17) is 4.74 Å². The molecule has 4 aliphatic rings. The van der Waals surface area contributed by atoms with Crippen molar-refractivity contribution in [3.8, 4) is 56.0 Å². The molecule has 0 atom stereocenters. The van der Waals surface area contributed by atoms with Crippen LogP contribution in [0.3, 0.4) is 0 Å². The Labute approximate surface area is 440 Å². The van der Waals surface area contributed by atoms with Crippen molar-refractivity contribution >= 4 is 39.6 Å². The summed E-state index contributed by atoms with van der Waals surface area (Å²) in [7, 11) is 0. The Balaban J connectivity index is 0.945. The number of hydrogen-bond acceptors (Lipinski definition) is 3. The highest BCUT2D eigenvalue weighted by Gasteiger charge is 2.52. The Morgan fingerprint density at radius 2 is 0.747 bits per heavy atom. The third kappa shape index (κ3) is 5.93. The summed E-state index contributed by atoms with van der Waals surface area (Å²) in [6.45, 7) is 0. The summed E-state index contributed by atoms with van der Waals surface area (Å²) >= 11 is 1.89. The van der Waals surface area contributed by atoms with Gasteiger partial charge in [-0.15, -0.1) is 0 Å². The van der Waals surface area contributed by atoms with Crippen LogP contribution in [0, 0.1) is 0 Å². The highest BCUT2D eigenvalue weighted by atomic mass is 32.2. The van der Waals surface area contributed by atoms with Crippen LogP contribution in [0.1, 0.15) is 44.5 Å². The largest absolute Gasteiger partial charge is 0.457 e. The van der Waals surface area contributed by atoms with Gasteiger partial charge in [0, 0.05) is 37.7 Å². The molecule has 0 unspecified atom stereocenters. The van der Waals surface area contributed by atoms with Gasteiger partial charge in [-0.05, 0) is 150 Å². The molecule has 0 amide bonds. The minimum absolute atomic E-state index is 0.510. The van der Waals surface area contributed by atoms with Crippen LogP contribution < -0.4 is 9.64 Å². The van der Waals surface area contributed by atoms with Crippen LogP contribution >= 0.6 is 11.8 Å². The number of hydrogen-bond donors (Lipinski definition) is 0. The number of anilines is 3. The first-order valence-corrected chi connectivity index (χ1v) is 26.7. The van der Waals surface area contributed by atoms with Crippen LogP contribution in [-0.2, 0) is 10.8 Å². The molecule has 0 aromatic heterocycles. The lowest BCUT2D eigenvalue weighted by Crippen LogP contribution is -2.32. The Morgan fingerprint density at radius 1 is 0.293 bits per heavy atom.